The number of hydrogen-bond donors (Lipinski definition) is 1. The van der Waals surface area contributed by atoms with Gasteiger partial charge in [0.2, 0.25) is 0 Å². The summed E-state index contributed by atoms with van der Waals surface area (Å²) in [5.41, 5.74) is 2.59. The molecule has 0 aliphatic carbocycles. The van der Waals surface area contributed by atoms with Crippen molar-refractivity contribution in [3.05, 3.63) is 58.8 Å². The summed E-state index contributed by atoms with van der Waals surface area (Å²) in [5.74, 6) is 0.807. The van der Waals surface area contributed by atoms with Crippen LogP contribution in [0.25, 0.3) is 22.2 Å². The lowest BCUT2D eigenvalue weighted by molar-refractivity contribution is 0.355. The number of benzene rings is 1. The van der Waals surface area contributed by atoms with E-state index in [2.05, 4.69) is 10.3 Å². The molecule has 4 rings (SSSR count). The minimum atomic E-state index is 0.00118. The van der Waals surface area contributed by atoms with Crippen LogP contribution in [0.3, 0.4) is 0 Å². The monoisotopic (exact) mass is 292 g/mol. The Morgan fingerprint density at radius 3 is 2.82 bits per heavy atom. The van der Waals surface area contributed by atoms with Crippen LogP contribution in [0.1, 0.15) is 18.3 Å². The van der Waals surface area contributed by atoms with Gasteiger partial charge in [0.1, 0.15) is 5.82 Å². The molecular formula is C17H16N4O. The Balaban J connectivity index is 1.92. The molecule has 3 heterocycles. The molecule has 22 heavy (non-hydrogen) atoms. The Kier molecular flexibility index (Phi) is 3.01. The van der Waals surface area contributed by atoms with Gasteiger partial charge in [-0.2, -0.15) is 0 Å². The van der Waals surface area contributed by atoms with E-state index < -0.39 is 0 Å². The normalized spacial score (nSPS) is 17.4. The highest BCUT2D eigenvalue weighted by Crippen LogP contribution is 2.24. The fourth-order valence-corrected chi connectivity index (χ4v) is 2.80. The van der Waals surface area contributed by atoms with Crippen molar-refractivity contribution >= 4 is 10.9 Å². The van der Waals surface area contributed by atoms with Crippen LogP contribution < -0.4 is 10.9 Å². The highest BCUT2D eigenvalue weighted by Gasteiger charge is 2.23. The molecule has 110 valence electrons. The van der Waals surface area contributed by atoms with Crippen LogP contribution >= 0.6 is 0 Å². The first-order valence-corrected chi connectivity index (χ1v) is 7.39. The predicted molar refractivity (Wildman–Crippen MR) is 85.6 cm³/mol. The second-order valence-corrected chi connectivity index (χ2v) is 5.58. The number of fused-ring (bicyclic) bond motifs is 1. The van der Waals surface area contributed by atoms with Crippen molar-refractivity contribution in [2.45, 2.75) is 12.5 Å². The molecule has 0 spiro atoms. The molecule has 1 aromatic carbocycles. The number of hydrogen-bond acceptors (Lipinski definition) is 4. The largest absolute Gasteiger partial charge is 0.307 e. The quantitative estimate of drug-likeness (QED) is 0.785. The molecule has 0 amide bonds. The molecule has 0 saturated carbocycles. The Morgan fingerprint density at radius 2 is 2.14 bits per heavy atom. The molecule has 1 fully saturated rings. The molecule has 1 saturated heterocycles. The van der Waals surface area contributed by atoms with Gasteiger partial charge in [0.15, 0.2) is 0 Å². The van der Waals surface area contributed by atoms with E-state index in [0.29, 0.717) is 5.39 Å². The van der Waals surface area contributed by atoms with Crippen LogP contribution in [0, 0.1) is 0 Å². The van der Waals surface area contributed by atoms with E-state index in [0.717, 1.165) is 35.6 Å². The average Bonchev–Trinajstić information content (AvgIpc) is 2.51. The van der Waals surface area contributed by atoms with Gasteiger partial charge < -0.3 is 5.32 Å². The van der Waals surface area contributed by atoms with Crippen molar-refractivity contribution in [3.8, 4) is 11.3 Å². The van der Waals surface area contributed by atoms with Gasteiger partial charge in [0, 0.05) is 18.8 Å². The first-order valence-electron chi connectivity index (χ1n) is 7.39. The van der Waals surface area contributed by atoms with Crippen LogP contribution in [0.5, 0.6) is 0 Å². The lowest BCUT2D eigenvalue weighted by Crippen LogP contribution is -2.39. The van der Waals surface area contributed by atoms with Gasteiger partial charge >= 0.3 is 0 Å². The molecule has 1 unspecified atom stereocenters. The lowest BCUT2D eigenvalue weighted by Gasteiger charge is -2.28. The molecule has 1 aliphatic rings. The van der Waals surface area contributed by atoms with Gasteiger partial charge in [0.25, 0.3) is 5.56 Å². The third kappa shape index (κ3) is 2.02. The average molecular weight is 292 g/mol. The fourth-order valence-electron chi connectivity index (χ4n) is 2.80. The number of nitrogens with zero attached hydrogens (tertiary/aromatic N) is 3. The summed E-state index contributed by atoms with van der Waals surface area (Å²) in [5, 5.41) is 3.95. The maximum atomic E-state index is 12.5. The minimum absolute atomic E-state index is 0.00118. The Hall–Kier alpha value is -2.53. The zero-order chi connectivity index (χ0) is 15.1. The second-order valence-electron chi connectivity index (χ2n) is 5.58. The molecule has 2 aromatic heterocycles. The molecule has 0 bridgehead atoms. The van der Waals surface area contributed by atoms with Crippen LogP contribution in [-0.2, 0) is 7.05 Å². The van der Waals surface area contributed by atoms with Crippen molar-refractivity contribution in [2.24, 2.45) is 7.05 Å². The zero-order valence-electron chi connectivity index (χ0n) is 12.3. The van der Waals surface area contributed by atoms with Crippen LogP contribution in [-0.4, -0.2) is 21.1 Å². The van der Waals surface area contributed by atoms with Crippen molar-refractivity contribution in [1.82, 2.24) is 19.9 Å². The van der Waals surface area contributed by atoms with Crippen LogP contribution in [0.4, 0.5) is 0 Å². The van der Waals surface area contributed by atoms with Crippen LogP contribution in [0.2, 0.25) is 0 Å². The smallest absolute Gasteiger partial charge is 0.261 e. The summed E-state index contributed by atoms with van der Waals surface area (Å²) in [6, 6.07) is 11.7. The maximum absolute atomic E-state index is 12.5. The van der Waals surface area contributed by atoms with E-state index in [1.54, 1.807) is 17.8 Å². The molecule has 1 atom stereocenters. The van der Waals surface area contributed by atoms with E-state index in [-0.39, 0.29) is 11.6 Å². The van der Waals surface area contributed by atoms with Crippen molar-refractivity contribution < 1.29 is 0 Å². The number of nitrogens with one attached hydrogen (secondary N) is 1. The summed E-state index contributed by atoms with van der Waals surface area (Å²) in [6.45, 7) is 0.979. The Labute approximate surface area is 127 Å². The third-order valence-corrected chi connectivity index (χ3v) is 4.21. The highest BCUT2D eigenvalue weighted by atomic mass is 16.1. The standard InChI is InChI=1S/C17H16N4O/c1-21-16(14-7-9-19-14)20-15-10-11(5-6-12(15)17(21)22)13-4-2-3-8-18-13/h2-6,8,10,14,19H,7,9H2,1H3. The predicted octanol–water partition coefficient (Wildman–Crippen LogP) is 2.03. The van der Waals surface area contributed by atoms with E-state index in [1.807, 2.05) is 36.4 Å². The maximum Gasteiger partial charge on any atom is 0.261 e. The van der Waals surface area contributed by atoms with Gasteiger partial charge in [-0.05, 0) is 37.2 Å². The number of aromatic nitrogens is 3. The van der Waals surface area contributed by atoms with Gasteiger partial charge in [-0.3, -0.25) is 14.3 Å². The zero-order valence-corrected chi connectivity index (χ0v) is 12.3. The highest BCUT2D eigenvalue weighted by molar-refractivity contribution is 5.83. The van der Waals surface area contributed by atoms with Gasteiger partial charge in [-0.15, -0.1) is 0 Å². The Bertz CT molecular complexity index is 898. The van der Waals surface area contributed by atoms with Gasteiger partial charge in [0.05, 0.1) is 22.6 Å². The van der Waals surface area contributed by atoms with Crippen molar-refractivity contribution in [1.29, 1.82) is 0 Å². The summed E-state index contributed by atoms with van der Waals surface area (Å²) in [7, 11) is 1.79. The van der Waals surface area contributed by atoms with Crippen LogP contribution in [0.15, 0.2) is 47.4 Å². The SMILES string of the molecule is Cn1c(C2CCN2)nc2cc(-c3ccccn3)ccc2c1=O. The summed E-state index contributed by atoms with van der Waals surface area (Å²) in [6.07, 6.45) is 2.78. The second kappa shape index (κ2) is 5.03. The van der Waals surface area contributed by atoms with E-state index >= 15 is 0 Å². The van der Waals surface area contributed by atoms with Crippen molar-refractivity contribution in [3.63, 3.8) is 0 Å². The molecule has 1 N–H and O–H groups in total. The van der Waals surface area contributed by atoms with Gasteiger partial charge in [-0.25, -0.2) is 4.98 Å². The third-order valence-electron chi connectivity index (χ3n) is 4.21. The number of rotatable bonds is 2. The van der Waals surface area contributed by atoms with E-state index in [4.69, 9.17) is 4.98 Å². The topological polar surface area (TPSA) is 59.8 Å². The van der Waals surface area contributed by atoms with E-state index in [1.165, 1.54) is 0 Å². The minimum Gasteiger partial charge on any atom is -0.307 e. The fraction of sp³-hybridized carbons (Fsp3) is 0.235. The van der Waals surface area contributed by atoms with E-state index in [9.17, 15) is 4.79 Å². The summed E-state index contributed by atoms with van der Waals surface area (Å²) in [4.78, 5) is 21.6. The summed E-state index contributed by atoms with van der Waals surface area (Å²) < 4.78 is 1.65. The molecule has 5 nitrogen and oxygen atoms in total. The van der Waals surface area contributed by atoms with Crippen molar-refractivity contribution in [2.75, 3.05) is 6.54 Å². The molecule has 3 aromatic rings. The molecular weight excluding hydrogens is 276 g/mol. The lowest BCUT2D eigenvalue weighted by atomic mass is 10.1. The molecule has 5 heteroatoms. The molecule has 1 aliphatic heterocycles. The van der Waals surface area contributed by atoms with Gasteiger partial charge in [-0.1, -0.05) is 12.1 Å². The number of pyridine rings is 1. The Morgan fingerprint density at radius 1 is 1.27 bits per heavy atom. The summed E-state index contributed by atoms with van der Waals surface area (Å²) >= 11 is 0. The molecule has 0 radical (unpaired) electrons. The first kappa shape index (κ1) is 13.2. The first-order chi connectivity index (χ1) is 10.7.